The molecule has 0 unspecified atom stereocenters. The zero-order chi connectivity index (χ0) is 14.7. The van der Waals surface area contributed by atoms with Gasteiger partial charge in [-0.05, 0) is 25.5 Å². The van der Waals surface area contributed by atoms with Crippen LogP contribution in [0.1, 0.15) is 41.1 Å². The molecule has 0 fully saturated rings. The van der Waals surface area contributed by atoms with Gasteiger partial charge in [0.1, 0.15) is 12.1 Å². The van der Waals surface area contributed by atoms with Crippen molar-refractivity contribution in [1.82, 2.24) is 14.7 Å². The highest BCUT2D eigenvalue weighted by Crippen LogP contribution is 2.05. The number of aryl methyl sites for hydroxylation is 2. The number of pyridine rings is 1. The van der Waals surface area contributed by atoms with Crippen LogP contribution in [-0.4, -0.2) is 25.8 Å². The molecule has 0 aliphatic rings. The minimum atomic E-state index is -1.25. The standard InChI is InChI=1S/C13H15N3O4/c1-3-4-10-14-11(20-15-10)7-16-8(2)5-6-9(12(16)17)13(18)19/h5-6H,3-4,7H2,1-2H3,(H,18,19). The van der Waals surface area contributed by atoms with Gasteiger partial charge in [0.15, 0.2) is 5.82 Å². The van der Waals surface area contributed by atoms with Gasteiger partial charge in [0, 0.05) is 12.1 Å². The zero-order valence-electron chi connectivity index (χ0n) is 11.3. The lowest BCUT2D eigenvalue weighted by Gasteiger charge is -2.07. The first-order valence-corrected chi connectivity index (χ1v) is 6.28. The fourth-order valence-electron chi connectivity index (χ4n) is 1.84. The second-order valence-electron chi connectivity index (χ2n) is 4.44. The van der Waals surface area contributed by atoms with Crippen LogP contribution in [0.25, 0.3) is 0 Å². The first-order valence-electron chi connectivity index (χ1n) is 6.28. The number of aromatic carboxylic acids is 1. The predicted octanol–water partition coefficient (Wildman–Crippen LogP) is 1.24. The molecule has 0 aliphatic heterocycles. The van der Waals surface area contributed by atoms with E-state index in [1.165, 1.54) is 10.6 Å². The van der Waals surface area contributed by atoms with E-state index in [0.717, 1.165) is 6.42 Å². The average Bonchev–Trinajstić information content (AvgIpc) is 2.82. The minimum Gasteiger partial charge on any atom is -0.477 e. The Kier molecular flexibility index (Phi) is 3.97. The fourth-order valence-corrected chi connectivity index (χ4v) is 1.84. The molecule has 0 radical (unpaired) electrons. The molecule has 2 aromatic heterocycles. The van der Waals surface area contributed by atoms with E-state index < -0.39 is 11.5 Å². The third-order valence-corrected chi connectivity index (χ3v) is 2.90. The third kappa shape index (κ3) is 2.76. The molecule has 2 aromatic rings. The van der Waals surface area contributed by atoms with Gasteiger partial charge in [-0.3, -0.25) is 4.79 Å². The topological polar surface area (TPSA) is 98.2 Å². The van der Waals surface area contributed by atoms with E-state index in [1.54, 1.807) is 13.0 Å². The molecule has 7 heteroatoms. The van der Waals surface area contributed by atoms with Crippen molar-refractivity contribution in [3.63, 3.8) is 0 Å². The summed E-state index contributed by atoms with van der Waals surface area (Å²) in [5.74, 6) is -0.371. The summed E-state index contributed by atoms with van der Waals surface area (Å²) in [5.41, 5.74) is -0.216. The average molecular weight is 277 g/mol. The number of nitrogens with zero attached hydrogens (tertiary/aromatic N) is 3. The van der Waals surface area contributed by atoms with Crippen LogP contribution in [0.3, 0.4) is 0 Å². The van der Waals surface area contributed by atoms with E-state index in [0.29, 0.717) is 23.8 Å². The Labute approximate surface area is 114 Å². The van der Waals surface area contributed by atoms with Gasteiger partial charge < -0.3 is 14.2 Å². The molecule has 0 aliphatic carbocycles. The van der Waals surface area contributed by atoms with E-state index in [1.807, 2.05) is 6.92 Å². The van der Waals surface area contributed by atoms with Crippen LogP contribution in [0.2, 0.25) is 0 Å². The smallest absolute Gasteiger partial charge is 0.341 e. The van der Waals surface area contributed by atoms with Gasteiger partial charge in [0.25, 0.3) is 5.56 Å². The maximum absolute atomic E-state index is 12.1. The normalized spacial score (nSPS) is 10.7. The number of carbonyl (C=O) groups is 1. The van der Waals surface area contributed by atoms with Crippen LogP contribution in [0, 0.1) is 6.92 Å². The van der Waals surface area contributed by atoms with Gasteiger partial charge in [0.05, 0.1) is 0 Å². The van der Waals surface area contributed by atoms with Crippen molar-refractivity contribution >= 4 is 5.97 Å². The summed E-state index contributed by atoms with van der Waals surface area (Å²) in [7, 11) is 0. The first kappa shape index (κ1) is 14.0. The first-order chi connectivity index (χ1) is 9.52. The number of carboxylic acid groups (broad SMARTS) is 1. The second kappa shape index (κ2) is 5.68. The number of carboxylic acids is 1. The van der Waals surface area contributed by atoms with Gasteiger partial charge in [0.2, 0.25) is 5.89 Å². The lowest BCUT2D eigenvalue weighted by Crippen LogP contribution is -2.28. The molecular weight excluding hydrogens is 262 g/mol. The Balaban J connectivity index is 2.35. The number of aromatic nitrogens is 3. The predicted molar refractivity (Wildman–Crippen MR) is 69.8 cm³/mol. The van der Waals surface area contributed by atoms with Crippen LogP contribution in [0.15, 0.2) is 21.5 Å². The van der Waals surface area contributed by atoms with Gasteiger partial charge in [-0.2, -0.15) is 4.98 Å². The Morgan fingerprint density at radius 2 is 2.20 bits per heavy atom. The lowest BCUT2D eigenvalue weighted by atomic mass is 10.2. The molecular formula is C13H15N3O4. The van der Waals surface area contributed by atoms with Crippen molar-refractivity contribution in [2.75, 3.05) is 0 Å². The lowest BCUT2D eigenvalue weighted by molar-refractivity contribution is 0.0694. The monoisotopic (exact) mass is 277 g/mol. The van der Waals surface area contributed by atoms with E-state index in [9.17, 15) is 9.59 Å². The molecule has 2 rings (SSSR count). The van der Waals surface area contributed by atoms with Crippen molar-refractivity contribution in [3.05, 3.63) is 45.5 Å². The molecule has 0 saturated carbocycles. The van der Waals surface area contributed by atoms with Crippen molar-refractivity contribution in [2.24, 2.45) is 0 Å². The quantitative estimate of drug-likeness (QED) is 0.882. The zero-order valence-corrected chi connectivity index (χ0v) is 11.3. The maximum atomic E-state index is 12.1. The summed E-state index contributed by atoms with van der Waals surface area (Å²) in [6.07, 6.45) is 1.60. The Bertz CT molecular complexity index is 687. The highest BCUT2D eigenvalue weighted by molar-refractivity contribution is 5.87. The summed E-state index contributed by atoms with van der Waals surface area (Å²) >= 11 is 0. The third-order valence-electron chi connectivity index (χ3n) is 2.90. The summed E-state index contributed by atoms with van der Waals surface area (Å²) in [6, 6.07) is 2.88. The summed E-state index contributed by atoms with van der Waals surface area (Å²) in [5, 5.41) is 12.8. The summed E-state index contributed by atoms with van der Waals surface area (Å²) in [6.45, 7) is 3.79. The molecule has 20 heavy (non-hydrogen) atoms. The van der Waals surface area contributed by atoms with E-state index in [4.69, 9.17) is 9.63 Å². The minimum absolute atomic E-state index is 0.0719. The molecule has 0 aromatic carbocycles. The molecule has 2 heterocycles. The van der Waals surface area contributed by atoms with Crippen LogP contribution in [-0.2, 0) is 13.0 Å². The van der Waals surface area contributed by atoms with E-state index in [-0.39, 0.29) is 12.1 Å². The van der Waals surface area contributed by atoms with Crippen molar-refractivity contribution < 1.29 is 14.4 Å². The maximum Gasteiger partial charge on any atom is 0.341 e. The summed E-state index contributed by atoms with van der Waals surface area (Å²) in [4.78, 5) is 27.2. The van der Waals surface area contributed by atoms with Gasteiger partial charge in [-0.15, -0.1) is 0 Å². The largest absolute Gasteiger partial charge is 0.477 e. The van der Waals surface area contributed by atoms with E-state index >= 15 is 0 Å². The molecule has 0 spiro atoms. The molecule has 0 atom stereocenters. The highest BCUT2D eigenvalue weighted by Gasteiger charge is 2.14. The molecule has 0 bridgehead atoms. The van der Waals surface area contributed by atoms with Crippen molar-refractivity contribution in [1.29, 1.82) is 0 Å². The van der Waals surface area contributed by atoms with Crippen LogP contribution < -0.4 is 5.56 Å². The van der Waals surface area contributed by atoms with Crippen LogP contribution >= 0.6 is 0 Å². The van der Waals surface area contributed by atoms with Crippen LogP contribution in [0.5, 0.6) is 0 Å². The number of hydrogen-bond donors (Lipinski definition) is 1. The van der Waals surface area contributed by atoms with Crippen molar-refractivity contribution in [2.45, 2.75) is 33.2 Å². The second-order valence-corrected chi connectivity index (χ2v) is 4.44. The Morgan fingerprint density at radius 1 is 1.45 bits per heavy atom. The van der Waals surface area contributed by atoms with Crippen molar-refractivity contribution in [3.8, 4) is 0 Å². The molecule has 0 amide bonds. The highest BCUT2D eigenvalue weighted by atomic mass is 16.5. The van der Waals surface area contributed by atoms with Crippen LogP contribution in [0.4, 0.5) is 0 Å². The number of rotatable bonds is 5. The molecule has 106 valence electrons. The van der Waals surface area contributed by atoms with Gasteiger partial charge in [-0.25, -0.2) is 4.79 Å². The molecule has 1 N–H and O–H groups in total. The number of hydrogen-bond acceptors (Lipinski definition) is 5. The SMILES string of the molecule is CCCc1noc(Cn2c(C)ccc(C(=O)O)c2=O)n1. The Morgan fingerprint density at radius 3 is 2.85 bits per heavy atom. The fraction of sp³-hybridized carbons (Fsp3) is 0.385. The molecule has 0 saturated heterocycles. The van der Waals surface area contributed by atoms with Gasteiger partial charge >= 0.3 is 5.97 Å². The Hall–Kier alpha value is -2.44. The molecule has 7 nitrogen and oxygen atoms in total. The van der Waals surface area contributed by atoms with Gasteiger partial charge in [-0.1, -0.05) is 12.1 Å². The summed E-state index contributed by atoms with van der Waals surface area (Å²) < 4.78 is 6.38. The van der Waals surface area contributed by atoms with E-state index in [2.05, 4.69) is 10.1 Å².